The summed E-state index contributed by atoms with van der Waals surface area (Å²) >= 11 is 0. The van der Waals surface area contributed by atoms with Crippen LogP contribution in [0, 0.1) is 10.8 Å². The second-order valence-electron chi connectivity index (χ2n) is 17.6. The summed E-state index contributed by atoms with van der Waals surface area (Å²) in [5.41, 5.74) is 2.93. The van der Waals surface area contributed by atoms with E-state index in [1.54, 1.807) is 0 Å². The second kappa shape index (κ2) is 9.74. The number of allylic oxidation sites excluding steroid dienone is 2. The molecule has 1 aliphatic carbocycles. The lowest BCUT2D eigenvalue weighted by molar-refractivity contribution is -0.542. The van der Waals surface area contributed by atoms with E-state index in [2.05, 4.69) is 141 Å². The maximum absolute atomic E-state index is 7.32. The van der Waals surface area contributed by atoms with Crippen molar-refractivity contribution in [2.24, 2.45) is 10.8 Å². The van der Waals surface area contributed by atoms with E-state index in [1.165, 1.54) is 27.8 Å². The van der Waals surface area contributed by atoms with Crippen molar-refractivity contribution in [3.63, 3.8) is 0 Å². The molecule has 0 radical (unpaired) electrons. The van der Waals surface area contributed by atoms with E-state index in [9.17, 15) is 0 Å². The van der Waals surface area contributed by atoms with E-state index in [-0.39, 0.29) is 5.92 Å². The summed E-state index contributed by atoms with van der Waals surface area (Å²) in [5.74, 6) is -3.04. The maximum atomic E-state index is 7.32. The molecule has 262 valence electrons. The van der Waals surface area contributed by atoms with Gasteiger partial charge >= 0.3 is 0 Å². The quantitative estimate of drug-likeness (QED) is 0.282. The molecule has 8 heteroatoms. The maximum Gasteiger partial charge on any atom is 0.172 e. The molecule has 2 aromatic carbocycles. The van der Waals surface area contributed by atoms with Gasteiger partial charge in [0.15, 0.2) is 23.1 Å². The van der Waals surface area contributed by atoms with Crippen LogP contribution in [0.25, 0.3) is 5.57 Å². The van der Waals surface area contributed by atoms with Gasteiger partial charge in [0.1, 0.15) is 0 Å². The molecule has 0 saturated carbocycles. The molecule has 0 aromatic heterocycles. The van der Waals surface area contributed by atoms with Crippen molar-refractivity contribution in [3.8, 4) is 0 Å². The van der Waals surface area contributed by atoms with Gasteiger partial charge in [-0.05, 0) is 95.6 Å². The van der Waals surface area contributed by atoms with Crippen molar-refractivity contribution in [1.82, 2.24) is 0 Å². The summed E-state index contributed by atoms with van der Waals surface area (Å²) in [4.78, 5) is 0. The van der Waals surface area contributed by atoms with Crippen LogP contribution in [0.4, 0.5) is 0 Å². The smallest absolute Gasteiger partial charge is 0.172 e. The SMILES string of the molecule is CC12CC3(C)OC(C)(CC(C)(O1)C3(CP)C1=C(C3(CP)C4(C)CC5(C)OC(C)(CC3(C)O5)O4)C(c3ccccc3)C(c3ccccc3)=C1)O2. The standard InChI is InChI=1S/C41H52O6P2/c1-32-20-36(5)43-33(2,21-37(6,42-32)46-36)40(32,24-48)29-19-28(26-15-11-9-12-16-26)30(27-17-13-10-14-18-27)31(29)41(25-49)34(3)22-38(7)45-35(41,4)23-39(8,44-34)47-38/h9-19,30H,20-25,48-49H2,1-8H3. The van der Waals surface area contributed by atoms with Crippen LogP contribution in [0.2, 0.25) is 0 Å². The Morgan fingerprint density at radius 1 is 0.531 bits per heavy atom. The molecule has 11 atom stereocenters. The molecule has 8 fully saturated rings. The monoisotopic (exact) mass is 702 g/mol. The Hall–Kier alpha value is -1.46. The van der Waals surface area contributed by atoms with Crippen molar-refractivity contribution in [2.75, 3.05) is 12.3 Å². The zero-order valence-corrected chi connectivity index (χ0v) is 32.6. The molecule has 8 bridgehead atoms. The Kier molecular flexibility index (Phi) is 6.64. The highest BCUT2D eigenvalue weighted by Crippen LogP contribution is 2.77. The van der Waals surface area contributed by atoms with Crippen LogP contribution in [-0.2, 0) is 28.4 Å². The highest BCUT2D eigenvalue weighted by Gasteiger charge is 2.82. The van der Waals surface area contributed by atoms with Crippen LogP contribution in [-0.4, -0.2) is 57.9 Å². The Morgan fingerprint density at radius 3 is 1.33 bits per heavy atom. The zero-order valence-electron chi connectivity index (χ0n) is 30.3. The van der Waals surface area contributed by atoms with Crippen LogP contribution >= 0.6 is 18.5 Å². The summed E-state index contributed by atoms with van der Waals surface area (Å²) in [6.45, 7) is 17.7. The predicted molar refractivity (Wildman–Crippen MR) is 197 cm³/mol. The minimum Gasteiger partial charge on any atom is -0.343 e. The number of ether oxygens (including phenoxy) is 6. The molecule has 9 aliphatic rings. The van der Waals surface area contributed by atoms with Crippen molar-refractivity contribution < 1.29 is 28.4 Å². The predicted octanol–water partition coefficient (Wildman–Crippen LogP) is 8.53. The first-order valence-electron chi connectivity index (χ1n) is 18.1. The molecule has 0 amide bonds. The molecule has 11 rings (SSSR count). The molecule has 49 heavy (non-hydrogen) atoms. The Labute approximate surface area is 296 Å². The van der Waals surface area contributed by atoms with Gasteiger partial charge < -0.3 is 28.4 Å². The van der Waals surface area contributed by atoms with Gasteiger partial charge in [0, 0.05) is 31.6 Å². The average Bonchev–Trinajstić information content (AvgIpc) is 3.34. The van der Waals surface area contributed by atoms with Crippen molar-refractivity contribution in [2.45, 2.75) is 133 Å². The number of hydrogen-bond acceptors (Lipinski definition) is 6. The van der Waals surface area contributed by atoms with Crippen LogP contribution in [0.1, 0.15) is 98.1 Å². The lowest BCUT2D eigenvalue weighted by Gasteiger charge is -2.77. The molecule has 0 spiro atoms. The van der Waals surface area contributed by atoms with Crippen molar-refractivity contribution >= 4 is 24.1 Å². The molecule has 11 unspecified atom stereocenters. The molecule has 8 saturated heterocycles. The third-order valence-electron chi connectivity index (χ3n) is 13.8. The fraction of sp³-hybridized carbons (Fsp3) is 0.610. The van der Waals surface area contributed by atoms with Gasteiger partial charge in [0.2, 0.25) is 0 Å². The van der Waals surface area contributed by atoms with E-state index in [0.717, 1.165) is 12.3 Å². The zero-order chi connectivity index (χ0) is 34.7. The van der Waals surface area contributed by atoms with Crippen LogP contribution in [0.15, 0.2) is 77.9 Å². The first kappa shape index (κ1) is 33.4. The van der Waals surface area contributed by atoms with E-state index >= 15 is 0 Å². The first-order chi connectivity index (χ1) is 22.9. The molecule has 2 aromatic rings. The average molecular weight is 703 g/mol. The Morgan fingerprint density at radius 2 is 0.918 bits per heavy atom. The topological polar surface area (TPSA) is 55.4 Å². The second-order valence-corrected chi connectivity index (χ2v) is 18.5. The first-order valence-corrected chi connectivity index (χ1v) is 19.7. The number of rotatable bonds is 6. The fourth-order valence-corrected chi connectivity index (χ4v) is 15.6. The fourth-order valence-electron chi connectivity index (χ4n) is 13.4. The van der Waals surface area contributed by atoms with Gasteiger partial charge in [0.25, 0.3) is 0 Å². The molecule has 0 N–H and O–H groups in total. The molecule has 8 aliphatic heterocycles. The Balaban J connectivity index is 1.41. The number of hydrogen-bond donors (Lipinski definition) is 0. The van der Waals surface area contributed by atoms with E-state index < -0.39 is 56.4 Å². The third kappa shape index (κ3) is 3.97. The van der Waals surface area contributed by atoms with E-state index in [4.69, 9.17) is 28.4 Å². The largest absolute Gasteiger partial charge is 0.343 e. The van der Waals surface area contributed by atoms with Crippen LogP contribution < -0.4 is 0 Å². The lowest BCUT2D eigenvalue weighted by atomic mass is 9.46. The van der Waals surface area contributed by atoms with Crippen LogP contribution in [0.3, 0.4) is 0 Å². The molecule has 6 nitrogen and oxygen atoms in total. The van der Waals surface area contributed by atoms with Crippen molar-refractivity contribution in [1.29, 1.82) is 0 Å². The highest BCUT2D eigenvalue weighted by atomic mass is 31.0. The summed E-state index contributed by atoms with van der Waals surface area (Å²) in [6.07, 6.45) is 6.54. The normalized spacial score (nSPS) is 52.3. The molecular formula is C41H52O6P2. The van der Waals surface area contributed by atoms with Gasteiger partial charge in [-0.15, -0.1) is 18.5 Å². The summed E-state index contributed by atoms with van der Waals surface area (Å²) in [7, 11) is 6.34. The minimum absolute atomic E-state index is 0.0562. The van der Waals surface area contributed by atoms with Gasteiger partial charge in [-0.3, -0.25) is 0 Å². The summed E-state index contributed by atoms with van der Waals surface area (Å²) < 4.78 is 42.4. The Bertz CT molecular complexity index is 1710. The summed E-state index contributed by atoms with van der Waals surface area (Å²) in [6, 6.07) is 22.0. The summed E-state index contributed by atoms with van der Waals surface area (Å²) in [5, 5.41) is 0. The number of benzene rings is 2. The minimum atomic E-state index is -0.749. The third-order valence-corrected chi connectivity index (χ3v) is 15.1. The van der Waals surface area contributed by atoms with Gasteiger partial charge in [-0.1, -0.05) is 66.7 Å². The van der Waals surface area contributed by atoms with Gasteiger partial charge in [-0.25, -0.2) is 0 Å². The van der Waals surface area contributed by atoms with Crippen molar-refractivity contribution in [3.05, 3.63) is 89.0 Å². The lowest BCUT2D eigenvalue weighted by Crippen LogP contribution is -2.84. The highest BCUT2D eigenvalue weighted by molar-refractivity contribution is 7.16. The van der Waals surface area contributed by atoms with E-state index in [1.807, 2.05) is 0 Å². The molecular weight excluding hydrogens is 650 g/mol. The molecule has 8 heterocycles. The van der Waals surface area contributed by atoms with Crippen LogP contribution in [0.5, 0.6) is 0 Å². The van der Waals surface area contributed by atoms with E-state index in [0.29, 0.717) is 25.7 Å². The van der Waals surface area contributed by atoms with Gasteiger partial charge in [0.05, 0.1) is 33.2 Å². The van der Waals surface area contributed by atoms with Gasteiger partial charge in [-0.2, -0.15) is 0 Å².